The van der Waals surface area contributed by atoms with Crippen molar-refractivity contribution in [2.75, 3.05) is 26.3 Å². The van der Waals surface area contributed by atoms with Crippen molar-refractivity contribution < 1.29 is 32.0 Å². The molecule has 0 spiro atoms. The number of nitrogens with one attached hydrogen (secondary N) is 1. The fourth-order valence-corrected chi connectivity index (χ4v) is 2.61. The second-order valence-electron chi connectivity index (χ2n) is 5.91. The first kappa shape index (κ1) is 19.2. The number of aromatic nitrogens is 1. The van der Waals surface area contributed by atoms with Crippen LogP contribution in [0.4, 0.5) is 13.2 Å². The van der Waals surface area contributed by atoms with Gasteiger partial charge in [0.1, 0.15) is 5.75 Å². The SMILES string of the molecule is O=C(NCc1ccccc1OC(F)(F)F)c1cc(CN2CCOCC2)on1. The lowest BCUT2D eigenvalue weighted by Crippen LogP contribution is -2.35. The highest BCUT2D eigenvalue weighted by Crippen LogP contribution is 2.26. The van der Waals surface area contributed by atoms with Gasteiger partial charge >= 0.3 is 6.36 Å². The summed E-state index contributed by atoms with van der Waals surface area (Å²) >= 11 is 0. The zero-order chi connectivity index (χ0) is 19.3. The maximum absolute atomic E-state index is 12.4. The van der Waals surface area contributed by atoms with Crippen molar-refractivity contribution >= 4 is 5.91 Å². The van der Waals surface area contributed by atoms with Crippen molar-refractivity contribution in [1.29, 1.82) is 0 Å². The van der Waals surface area contributed by atoms with Crippen LogP contribution in [-0.4, -0.2) is 48.6 Å². The summed E-state index contributed by atoms with van der Waals surface area (Å²) in [4.78, 5) is 14.3. The number of rotatable bonds is 6. The van der Waals surface area contributed by atoms with E-state index in [0.717, 1.165) is 13.1 Å². The van der Waals surface area contributed by atoms with Gasteiger partial charge in [-0.15, -0.1) is 13.2 Å². The summed E-state index contributed by atoms with van der Waals surface area (Å²) in [5.74, 6) is -0.380. The monoisotopic (exact) mass is 385 g/mol. The van der Waals surface area contributed by atoms with E-state index in [1.165, 1.54) is 24.3 Å². The number of carbonyl (C=O) groups is 1. The number of carbonyl (C=O) groups excluding carboxylic acids is 1. The van der Waals surface area contributed by atoms with Gasteiger partial charge in [0.25, 0.3) is 5.91 Å². The van der Waals surface area contributed by atoms with E-state index in [0.29, 0.717) is 25.5 Å². The summed E-state index contributed by atoms with van der Waals surface area (Å²) < 4.78 is 51.7. The molecular formula is C17H18F3N3O4. The minimum Gasteiger partial charge on any atom is -0.405 e. The molecule has 2 heterocycles. The Hall–Kier alpha value is -2.59. The van der Waals surface area contributed by atoms with Gasteiger partial charge in [-0.1, -0.05) is 23.4 Å². The highest BCUT2D eigenvalue weighted by Gasteiger charge is 2.32. The lowest BCUT2D eigenvalue weighted by Gasteiger charge is -2.25. The van der Waals surface area contributed by atoms with E-state index in [1.807, 2.05) is 0 Å². The number of para-hydroxylation sites is 1. The number of nitrogens with zero attached hydrogens (tertiary/aromatic N) is 2. The van der Waals surface area contributed by atoms with Gasteiger partial charge in [-0.3, -0.25) is 9.69 Å². The van der Waals surface area contributed by atoms with Gasteiger partial charge in [-0.25, -0.2) is 0 Å². The molecule has 0 bridgehead atoms. The normalized spacial score (nSPS) is 15.5. The molecule has 2 aromatic rings. The molecule has 3 rings (SSSR count). The minimum absolute atomic E-state index is 0.0625. The number of morpholine rings is 1. The number of halogens is 3. The van der Waals surface area contributed by atoms with Crippen molar-refractivity contribution in [2.24, 2.45) is 0 Å². The molecule has 0 saturated carbocycles. The predicted octanol–water partition coefficient (Wildman–Crippen LogP) is 2.34. The van der Waals surface area contributed by atoms with E-state index in [4.69, 9.17) is 9.26 Å². The summed E-state index contributed by atoms with van der Waals surface area (Å²) in [6, 6.07) is 7.12. The van der Waals surface area contributed by atoms with Crippen LogP contribution < -0.4 is 10.1 Å². The van der Waals surface area contributed by atoms with Gasteiger partial charge in [0.2, 0.25) is 0 Å². The molecule has 10 heteroatoms. The Morgan fingerprint density at radius 3 is 2.74 bits per heavy atom. The van der Waals surface area contributed by atoms with Crippen LogP contribution in [0.25, 0.3) is 0 Å². The van der Waals surface area contributed by atoms with Crippen molar-refractivity contribution in [3.63, 3.8) is 0 Å². The molecule has 1 saturated heterocycles. The molecule has 0 aliphatic carbocycles. The molecule has 1 fully saturated rings. The first-order valence-corrected chi connectivity index (χ1v) is 8.28. The third-order valence-electron chi connectivity index (χ3n) is 3.91. The summed E-state index contributed by atoms with van der Waals surface area (Å²) in [7, 11) is 0. The number of hydrogen-bond donors (Lipinski definition) is 1. The molecule has 1 N–H and O–H groups in total. The third kappa shape index (κ3) is 5.69. The zero-order valence-electron chi connectivity index (χ0n) is 14.3. The van der Waals surface area contributed by atoms with E-state index >= 15 is 0 Å². The summed E-state index contributed by atoms with van der Waals surface area (Å²) in [6.45, 7) is 3.17. The lowest BCUT2D eigenvalue weighted by atomic mass is 10.2. The summed E-state index contributed by atoms with van der Waals surface area (Å²) in [6.07, 6.45) is -4.80. The number of alkyl halides is 3. The van der Waals surface area contributed by atoms with Crippen molar-refractivity contribution in [3.05, 3.63) is 47.3 Å². The second-order valence-corrected chi connectivity index (χ2v) is 5.91. The van der Waals surface area contributed by atoms with E-state index in [-0.39, 0.29) is 23.6 Å². The average molecular weight is 385 g/mol. The van der Waals surface area contributed by atoms with E-state index in [9.17, 15) is 18.0 Å². The van der Waals surface area contributed by atoms with Crippen LogP contribution in [0.5, 0.6) is 5.75 Å². The number of hydrogen-bond acceptors (Lipinski definition) is 6. The standard InChI is InChI=1S/C17H18F3N3O4/c18-17(19,20)26-15-4-2-1-3-12(15)10-21-16(24)14-9-13(27-22-14)11-23-5-7-25-8-6-23/h1-4,9H,5-8,10-11H2,(H,21,24). The summed E-state index contributed by atoms with van der Waals surface area (Å²) in [5, 5.41) is 6.24. The van der Waals surface area contributed by atoms with Crippen LogP contribution in [0, 0.1) is 0 Å². The maximum Gasteiger partial charge on any atom is 0.573 e. The van der Waals surface area contributed by atoms with Crippen LogP contribution in [0.1, 0.15) is 21.8 Å². The van der Waals surface area contributed by atoms with Crippen molar-refractivity contribution in [2.45, 2.75) is 19.5 Å². The Morgan fingerprint density at radius 1 is 1.26 bits per heavy atom. The van der Waals surface area contributed by atoms with Crippen LogP contribution in [0.3, 0.4) is 0 Å². The highest BCUT2D eigenvalue weighted by molar-refractivity contribution is 5.92. The van der Waals surface area contributed by atoms with Gasteiger partial charge < -0.3 is 19.3 Å². The molecule has 1 amide bonds. The van der Waals surface area contributed by atoms with Crippen LogP contribution in [-0.2, 0) is 17.8 Å². The van der Waals surface area contributed by atoms with Crippen molar-refractivity contribution in [1.82, 2.24) is 15.4 Å². The third-order valence-corrected chi connectivity index (χ3v) is 3.91. The first-order chi connectivity index (χ1) is 12.9. The van der Waals surface area contributed by atoms with Gasteiger partial charge in [-0.2, -0.15) is 0 Å². The molecule has 1 aromatic heterocycles. The van der Waals surface area contributed by atoms with E-state index in [1.54, 1.807) is 6.07 Å². The zero-order valence-corrected chi connectivity index (χ0v) is 14.3. The fourth-order valence-electron chi connectivity index (χ4n) is 2.61. The molecule has 0 atom stereocenters. The Labute approximate surface area is 153 Å². The second kappa shape index (κ2) is 8.40. The fraction of sp³-hybridized carbons (Fsp3) is 0.412. The molecule has 1 aliphatic heterocycles. The first-order valence-electron chi connectivity index (χ1n) is 8.28. The van der Waals surface area contributed by atoms with Crippen molar-refractivity contribution in [3.8, 4) is 5.75 Å². The molecule has 146 valence electrons. The average Bonchev–Trinajstić information content (AvgIpc) is 3.09. The van der Waals surface area contributed by atoms with Crippen LogP contribution >= 0.6 is 0 Å². The minimum atomic E-state index is -4.80. The van der Waals surface area contributed by atoms with Crippen LogP contribution in [0.15, 0.2) is 34.9 Å². The van der Waals surface area contributed by atoms with E-state index in [2.05, 4.69) is 20.1 Å². The van der Waals surface area contributed by atoms with Gasteiger partial charge in [0, 0.05) is 31.3 Å². The molecule has 0 radical (unpaired) electrons. The molecule has 1 aromatic carbocycles. The smallest absolute Gasteiger partial charge is 0.405 e. The van der Waals surface area contributed by atoms with Crippen LogP contribution in [0.2, 0.25) is 0 Å². The topological polar surface area (TPSA) is 76.8 Å². The van der Waals surface area contributed by atoms with Gasteiger partial charge in [0.15, 0.2) is 11.5 Å². The number of amides is 1. The Balaban J connectivity index is 1.57. The Kier molecular flexibility index (Phi) is 5.97. The predicted molar refractivity (Wildman–Crippen MR) is 86.9 cm³/mol. The van der Waals surface area contributed by atoms with E-state index < -0.39 is 12.3 Å². The molecule has 7 nitrogen and oxygen atoms in total. The highest BCUT2D eigenvalue weighted by atomic mass is 19.4. The number of benzene rings is 1. The van der Waals surface area contributed by atoms with Gasteiger partial charge in [-0.05, 0) is 6.07 Å². The number of ether oxygens (including phenoxy) is 2. The molecular weight excluding hydrogens is 367 g/mol. The maximum atomic E-state index is 12.4. The molecule has 27 heavy (non-hydrogen) atoms. The Morgan fingerprint density at radius 2 is 2.00 bits per heavy atom. The summed E-state index contributed by atoms with van der Waals surface area (Å²) in [5.41, 5.74) is 0.257. The largest absolute Gasteiger partial charge is 0.573 e. The van der Waals surface area contributed by atoms with Gasteiger partial charge in [0.05, 0.1) is 19.8 Å². The lowest BCUT2D eigenvalue weighted by molar-refractivity contribution is -0.274. The Bertz CT molecular complexity index is 773. The molecule has 0 unspecified atom stereocenters. The quantitative estimate of drug-likeness (QED) is 0.823. The molecule has 1 aliphatic rings.